The van der Waals surface area contributed by atoms with Crippen molar-refractivity contribution >= 4 is 58.0 Å². The average molecular weight is 791 g/mol. The minimum atomic E-state index is -1.07. The molecule has 6 aromatic carbocycles. The van der Waals surface area contributed by atoms with Gasteiger partial charge in [0.25, 0.3) is 11.1 Å². The summed E-state index contributed by atoms with van der Waals surface area (Å²) >= 11 is 0. The van der Waals surface area contributed by atoms with E-state index in [4.69, 9.17) is 6.42 Å². The molecule has 0 aliphatic heterocycles. The second-order valence-corrected chi connectivity index (χ2v) is 13.3. The molecule has 0 amide bonds. The molecule has 10 nitrogen and oxygen atoms in total. The van der Waals surface area contributed by atoms with E-state index in [2.05, 4.69) is 15.9 Å². The lowest BCUT2D eigenvalue weighted by Crippen LogP contribution is -2.22. The van der Waals surface area contributed by atoms with Crippen LogP contribution in [0.4, 0.5) is 0 Å². The minimum Gasteiger partial charge on any atom is -0.478 e. The van der Waals surface area contributed by atoms with Crippen LogP contribution in [-0.4, -0.2) is 41.3 Å². The molecule has 10 heteroatoms. The van der Waals surface area contributed by atoms with Gasteiger partial charge in [0.1, 0.15) is 11.6 Å². The number of benzene rings is 6. The van der Waals surface area contributed by atoms with Crippen molar-refractivity contribution in [2.75, 3.05) is 0 Å². The second kappa shape index (κ2) is 18.2. The molecule has 2 N–H and O–H groups in total. The van der Waals surface area contributed by atoms with Gasteiger partial charge in [0, 0.05) is 5.56 Å². The Labute approximate surface area is 345 Å². The Morgan fingerprint density at radius 3 is 1.40 bits per heavy atom. The molecule has 0 saturated heterocycles. The molecule has 0 saturated carbocycles. The molecule has 0 radical (unpaired) electrons. The van der Waals surface area contributed by atoms with Crippen LogP contribution in [0.3, 0.4) is 0 Å². The zero-order valence-corrected chi connectivity index (χ0v) is 31.6. The third kappa shape index (κ3) is 9.07. The summed E-state index contributed by atoms with van der Waals surface area (Å²) in [6, 6.07) is 42.1. The van der Waals surface area contributed by atoms with E-state index in [1.807, 2.05) is 79.7 Å². The van der Waals surface area contributed by atoms with Crippen LogP contribution in [0, 0.1) is 19.3 Å². The molecule has 0 unspecified atom stereocenters. The standard InChI is InChI=1S/C25H16N2O3.C24H18N2O3.CH4/c1-2-17-10-12-18(13-11-17)14-15-23-26-22-9-4-3-8-21(22)24(28)27(23)20-7-5-6-19(16-20)25(29)30;1-16-9-11-17(12-10-16)13-14-22-25-21-8-3-2-7-20(21)23(27)26(22)19-6-4-5-18(15-19)24(28)29;/h1,3-16H,(H,29,30);2-15H,1H3,(H,28,29);1H4/b15-14+;14-13+;. The van der Waals surface area contributed by atoms with E-state index < -0.39 is 11.9 Å². The molecular formula is C50H38N4O6. The number of rotatable bonds is 8. The molecule has 0 fully saturated rings. The minimum absolute atomic E-state index is 0. The van der Waals surface area contributed by atoms with Crippen LogP contribution in [-0.2, 0) is 0 Å². The van der Waals surface area contributed by atoms with Crippen molar-refractivity contribution in [3.05, 3.63) is 211 Å². The van der Waals surface area contributed by atoms with Gasteiger partial charge in [-0.25, -0.2) is 19.6 Å². The van der Waals surface area contributed by atoms with Crippen LogP contribution in [0.1, 0.15) is 62.0 Å². The summed E-state index contributed by atoms with van der Waals surface area (Å²) in [5, 5.41) is 19.6. The normalized spacial score (nSPS) is 10.9. The number of carboxylic acids is 2. The maximum atomic E-state index is 13.2. The van der Waals surface area contributed by atoms with Crippen molar-refractivity contribution < 1.29 is 19.8 Å². The van der Waals surface area contributed by atoms with Crippen LogP contribution in [0.2, 0.25) is 0 Å². The van der Waals surface area contributed by atoms with Crippen LogP contribution in [0.15, 0.2) is 155 Å². The first-order valence-electron chi connectivity index (χ1n) is 18.3. The first kappa shape index (κ1) is 41.2. The first-order valence-corrected chi connectivity index (χ1v) is 18.3. The summed E-state index contributed by atoms with van der Waals surface area (Å²) in [5.41, 5.74) is 5.52. The van der Waals surface area contributed by atoms with Gasteiger partial charge in [-0.2, -0.15) is 0 Å². The molecule has 60 heavy (non-hydrogen) atoms. The van der Waals surface area contributed by atoms with Crippen LogP contribution in [0.25, 0.3) is 57.5 Å². The summed E-state index contributed by atoms with van der Waals surface area (Å²) < 4.78 is 2.86. The van der Waals surface area contributed by atoms with E-state index in [-0.39, 0.29) is 29.7 Å². The van der Waals surface area contributed by atoms with Gasteiger partial charge in [0.05, 0.1) is 44.3 Å². The topological polar surface area (TPSA) is 144 Å². The van der Waals surface area contributed by atoms with Gasteiger partial charge >= 0.3 is 11.9 Å². The van der Waals surface area contributed by atoms with Gasteiger partial charge in [-0.05, 0) is 103 Å². The fraction of sp³-hybridized carbons (Fsp3) is 0.0400. The number of fused-ring (bicyclic) bond motifs is 2. The second-order valence-electron chi connectivity index (χ2n) is 13.3. The molecule has 0 atom stereocenters. The Balaban J connectivity index is 0.000000198. The number of para-hydroxylation sites is 2. The fourth-order valence-electron chi connectivity index (χ4n) is 6.29. The molecular weight excluding hydrogens is 753 g/mol. The predicted molar refractivity (Wildman–Crippen MR) is 239 cm³/mol. The highest BCUT2D eigenvalue weighted by Crippen LogP contribution is 2.19. The summed E-state index contributed by atoms with van der Waals surface area (Å²) in [6.45, 7) is 2.02. The Morgan fingerprint density at radius 2 is 0.983 bits per heavy atom. The zero-order valence-electron chi connectivity index (χ0n) is 31.6. The number of carboxylic acid groups (broad SMARTS) is 2. The van der Waals surface area contributed by atoms with E-state index >= 15 is 0 Å². The number of carbonyl (C=O) groups is 2. The number of hydrogen-bond donors (Lipinski definition) is 2. The number of aryl methyl sites for hydroxylation is 1. The van der Waals surface area contributed by atoms with Crippen molar-refractivity contribution in [1.82, 2.24) is 19.1 Å². The molecule has 294 valence electrons. The smallest absolute Gasteiger partial charge is 0.335 e. The van der Waals surface area contributed by atoms with Crippen molar-refractivity contribution in [1.29, 1.82) is 0 Å². The highest BCUT2D eigenvalue weighted by Gasteiger charge is 2.14. The number of aromatic nitrogens is 4. The molecule has 8 rings (SSSR count). The molecule has 0 spiro atoms. The summed E-state index contributed by atoms with van der Waals surface area (Å²) in [4.78, 5) is 58.5. The van der Waals surface area contributed by atoms with Crippen molar-refractivity contribution in [3.63, 3.8) is 0 Å². The number of nitrogens with zero attached hydrogens (tertiary/aromatic N) is 4. The van der Waals surface area contributed by atoms with Gasteiger partial charge in [0.15, 0.2) is 0 Å². The van der Waals surface area contributed by atoms with E-state index in [0.29, 0.717) is 44.8 Å². The maximum absolute atomic E-state index is 13.2. The molecule has 8 aromatic rings. The molecule has 2 aromatic heterocycles. The first-order chi connectivity index (χ1) is 28.6. The summed E-state index contributed by atoms with van der Waals surface area (Å²) in [7, 11) is 0. The SMILES string of the molecule is C.C#Cc1ccc(/C=C/c2nc3ccccc3c(=O)n2-c2cccc(C(=O)O)c2)cc1.Cc1ccc(/C=C/c2nc3ccccc3c(=O)n2-c2cccc(C(=O)O)c2)cc1. The number of terminal acetylenes is 1. The highest BCUT2D eigenvalue weighted by molar-refractivity contribution is 5.89. The highest BCUT2D eigenvalue weighted by atomic mass is 16.4. The van der Waals surface area contributed by atoms with Crippen LogP contribution >= 0.6 is 0 Å². The van der Waals surface area contributed by atoms with Crippen molar-refractivity contribution in [2.45, 2.75) is 14.4 Å². The van der Waals surface area contributed by atoms with E-state index in [0.717, 1.165) is 22.3 Å². The van der Waals surface area contributed by atoms with Crippen molar-refractivity contribution in [2.24, 2.45) is 0 Å². The lowest BCUT2D eigenvalue weighted by atomic mass is 10.1. The average Bonchev–Trinajstić information content (AvgIpc) is 3.26. The van der Waals surface area contributed by atoms with E-state index in [1.54, 1.807) is 72.8 Å². The van der Waals surface area contributed by atoms with Gasteiger partial charge < -0.3 is 10.2 Å². The third-order valence-corrected chi connectivity index (χ3v) is 9.31. The van der Waals surface area contributed by atoms with Gasteiger partial charge in [-0.1, -0.05) is 104 Å². The van der Waals surface area contributed by atoms with E-state index in [9.17, 15) is 29.4 Å². The molecule has 2 heterocycles. The van der Waals surface area contributed by atoms with E-state index in [1.165, 1.54) is 33.4 Å². The molecule has 0 aliphatic rings. The number of aromatic carboxylic acids is 2. The van der Waals surface area contributed by atoms with Gasteiger partial charge in [0.2, 0.25) is 0 Å². The third-order valence-electron chi connectivity index (χ3n) is 9.31. The monoisotopic (exact) mass is 790 g/mol. The summed E-state index contributed by atoms with van der Waals surface area (Å²) in [6.07, 6.45) is 12.6. The Hall–Kier alpha value is -8.42. The van der Waals surface area contributed by atoms with Crippen molar-refractivity contribution in [3.8, 4) is 23.7 Å². The van der Waals surface area contributed by atoms with Gasteiger partial charge in [-0.15, -0.1) is 6.42 Å². The maximum Gasteiger partial charge on any atom is 0.335 e. The van der Waals surface area contributed by atoms with Gasteiger partial charge in [-0.3, -0.25) is 18.7 Å². The Kier molecular flexibility index (Phi) is 12.5. The van der Waals surface area contributed by atoms with Crippen LogP contribution in [0.5, 0.6) is 0 Å². The summed E-state index contributed by atoms with van der Waals surface area (Å²) in [5.74, 6) is 1.27. The fourth-order valence-corrected chi connectivity index (χ4v) is 6.29. The largest absolute Gasteiger partial charge is 0.478 e. The quantitative estimate of drug-likeness (QED) is 0.145. The Bertz CT molecular complexity index is 3120. The van der Waals surface area contributed by atoms with Crippen LogP contribution < -0.4 is 11.1 Å². The number of hydrogen-bond acceptors (Lipinski definition) is 6. The lowest BCUT2D eigenvalue weighted by Gasteiger charge is -2.12. The molecule has 0 bridgehead atoms. The lowest BCUT2D eigenvalue weighted by molar-refractivity contribution is 0.0686. The zero-order chi connectivity index (χ0) is 41.5. The molecule has 0 aliphatic carbocycles. The predicted octanol–water partition coefficient (Wildman–Crippen LogP) is 9.43. The Morgan fingerprint density at radius 1 is 0.567 bits per heavy atom.